The van der Waals surface area contributed by atoms with Crippen LogP contribution in [0.5, 0.6) is 11.5 Å². The number of ether oxygens (including phenoxy) is 2. The van der Waals surface area contributed by atoms with Crippen molar-refractivity contribution < 1.29 is 9.47 Å². The van der Waals surface area contributed by atoms with Crippen molar-refractivity contribution in [1.82, 2.24) is 0 Å². The van der Waals surface area contributed by atoms with Crippen molar-refractivity contribution in [2.24, 2.45) is 11.7 Å². The van der Waals surface area contributed by atoms with Gasteiger partial charge in [0.15, 0.2) is 0 Å². The third-order valence-corrected chi connectivity index (χ3v) is 3.66. The summed E-state index contributed by atoms with van der Waals surface area (Å²) in [6.45, 7) is 4.40. The fourth-order valence-electron chi connectivity index (χ4n) is 2.25. The number of hydrogen-bond donors (Lipinski definition) is 1. The summed E-state index contributed by atoms with van der Waals surface area (Å²) >= 11 is 0. The van der Waals surface area contributed by atoms with E-state index in [0.717, 1.165) is 29.9 Å². The van der Waals surface area contributed by atoms with Crippen LogP contribution in [0.15, 0.2) is 18.2 Å². The van der Waals surface area contributed by atoms with Crippen LogP contribution in [0.4, 0.5) is 0 Å². The first-order chi connectivity index (χ1) is 8.15. The second-order valence-electron chi connectivity index (χ2n) is 4.79. The normalized spacial score (nSPS) is 24.7. The summed E-state index contributed by atoms with van der Waals surface area (Å²) in [6.07, 6.45) is 2.23. The number of fused-ring (bicyclic) bond motifs is 1. The number of methoxy groups -OCH3 is 1. The molecule has 3 heteroatoms. The van der Waals surface area contributed by atoms with Gasteiger partial charge in [-0.05, 0) is 24.1 Å². The topological polar surface area (TPSA) is 44.5 Å². The Bertz CT molecular complexity index is 392. The molecule has 94 valence electrons. The molecule has 0 fully saturated rings. The van der Waals surface area contributed by atoms with Gasteiger partial charge in [-0.2, -0.15) is 0 Å². The highest BCUT2D eigenvalue weighted by Gasteiger charge is 2.29. The van der Waals surface area contributed by atoms with E-state index in [2.05, 4.69) is 13.8 Å². The largest absolute Gasteiger partial charge is 0.497 e. The van der Waals surface area contributed by atoms with Crippen molar-refractivity contribution in [1.29, 1.82) is 0 Å². The lowest BCUT2D eigenvalue weighted by molar-refractivity contribution is 0.105. The quantitative estimate of drug-likeness (QED) is 0.876. The average Bonchev–Trinajstić information content (AvgIpc) is 2.37. The number of nitrogens with two attached hydrogens (primary N) is 1. The van der Waals surface area contributed by atoms with Gasteiger partial charge in [0.05, 0.1) is 7.11 Å². The Hall–Kier alpha value is -1.22. The molecule has 0 spiro atoms. The van der Waals surface area contributed by atoms with Crippen LogP contribution in [0.2, 0.25) is 0 Å². The minimum absolute atomic E-state index is 0.0489. The van der Waals surface area contributed by atoms with Crippen LogP contribution in [-0.4, -0.2) is 13.2 Å². The Labute approximate surface area is 103 Å². The molecule has 0 saturated carbocycles. The lowest BCUT2D eigenvalue weighted by Crippen LogP contribution is -2.34. The summed E-state index contributed by atoms with van der Waals surface area (Å²) in [5.74, 6) is 2.29. The molecule has 0 aliphatic carbocycles. The standard InChI is InChI=1S/C14H21NO2/c1-4-9(2)14-8-12(15)11-7-10(16-3)5-6-13(11)17-14/h5-7,9,12,14H,4,8,15H2,1-3H3. The summed E-state index contributed by atoms with van der Waals surface area (Å²) in [7, 11) is 1.67. The zero-order valence-electron chi connectivity index (χ0n) is 10.8. The fraction of sp³-hybridized carbons (Fsp3) is 0.571. The first-order valence-corrected chi connectivity index (χ1v) is 6.25. The highest BCUT2D eigenvalue weighted by Crippen LogP contribution is 2.38. The molecule has 1 aromatic carbocycles. The molecule has 1 aliphatic rings. The smallest absolute Gasteiger partial charge is 0.124 e. The van der Waals surface area contributed by atoms with Crippen molar-refractivity contribution in [3.8, 4) is 11.5 Å². The van der Waals surface area contributed by atoms with Crippen LogP contribution in [0.3, 0.4) is 0 Å². The highest BCUT2D eigenvalue weighted by molar-refractivity contribution is 5.43. The number of hydrogen-bond acceptors (Lipinski definition) is 3. The maximum Gasteiger partial charge on any atom is 0.124 e. The van der Waals surface area contributed by atoms with E-state index in [-0.39, 0.29) is 12.1 Å². The summed E-state index contributed by atoms with van der Waals surface area (Å²) in [6, 6.07) is 5.91. The predicted octanol–water partition coefficient (Wildman–Crippen LogP) is 2.89. The van der Waals surface area contributed by atoms with Gasteiger partial charge < -0.3 is 15.2 Å². The first kappa shape index (κ1) is 12.2. The van der Waals surface area contributed by atoms with Crippen LogP contribution in [0.1, 0.15) is 38.3 Å². The molecule has 0 radical (unpaired) electrons. The number of benzene rings is 1. The average molecular weight is 235 g/mol. The van der Waals surface area contributed by atoms with Gasteiger partial charge in [0.1, 0.15) is 17.6 Å². The van der Waals surface area contributed by atoms with Gasteiger partial charge in [-0.3, -0.25) is 0 Å². The third-order valence-electron chi connectivity index (χ3n) is 3.66. The van der Waals surface area contributed by atoms with E-state index in [9.17, 15) is 0 Å². The molecular formula is C14H21NO2. The van der Waals surface area contributed by atoms with Crippen molar-refractivity contribution in [3.05, 3.63) is 23.8 Å². The van der Waals surface area contributed by atoms with Gasteiger partial charge in [0, 0.05) is 18.0 Å². The Morgan fingerprint density at radius 2 is 2.29 bits per heavy atom. The maximum absolute atomic E-state index is 6.22. The van der Waals surface area contributed by atoms with E-state index in [1.165, 1.54) is 0 Å². The van der Waals surface area contributed by atoms with E-state index >= 15 is 0 Å². The number of rotatable bonds is 3. The zero-order chi connectivity index (χ0) is 12.4. The second kappa shape index (κ2) is 4.96. The summed E-state index contributed by atoms with van der Waals surface area (Å²) < 4.78 is 11.2. The van der Waals surface area contributed by atoms with E-state index in [1.54, 1.807) is 7.11 Å². The van der Waals surface area contributed by atoms with Crippen molar-refractivity contribution in [2.45, 2.75) is 38.8 Å². The van der Waals surface area contributed by atoms with Crippen LogP contribution in [-0.2, 0) is 0 Å². The minimum Gasteiger partial charge on any atom is -0.497 e. The molecule has 1 aromatic rings. The second-order valence-corrected chi connectivity index (χ2v) is 4.79. The van der Waals surface area contributed by atoms with Gasteiger partial charge in [-0.25, -0.2) is 0 Å². The Kier molecular flexibility index (Phi) is 3.57. The maximum atomic E-state index is 6.22. The molecule has 2 rings (SSSR count). The van der Waals surface area contributed by atoms with Gasteiger partial charge >= 0.3 is 0 Å². The summed E-state index contributed by atoms with van der Waals surface area (Å²) in [4.78, 5) is 0. The molecular weight excluding hydrogens is 214 g/mol. The molecule has 0 amide bonds. The summed E-state index contributed by atoms with van der Waals surface area (Å²) in [5, 5.41) is 0. The van der Waals surface area contributed by atoms with Crippen LogP contribution >= 0.6 is 0 Å². The van der Waals surface area contributed by atoms with Gasteiger partial charge in [0.2, 0.25) is 0 Å². The van der Waals surface area contributed by atoms with Gasteiger partial charge in [-0.15, -0.1) is 0 Å². The summed E-state index contributed by atoms with van der Waals surface area (Å²) in [5.41, 5.74) is 7.28. The van der Waals surface area contributed by atoms with E-state index in [4.69, 9.17) is 15.2 Å². The molecule has 3 nitrogen and oxygen atoms in total. The lowest BCUT2D eigenvalue weighted by atomic mass is 9.90. The Morgan fingerprint density at radius 3 is 2.94 bits per heavy atom. The first-order valence-electron chi connectivity index (χ1n) is 6.25. The molecule has 3 atom stereocenters. The molecule has 0 aromatic heterocycles. The molecule has 1 aliphatic heterocycles. The van der Waals surface area contributed by atoms with E-state index in [1.807, 2.05) is 18.2 Å². The van der Waals surface area contributed by atoms with Crippen molar-refractivity contribution in [3.63, 3.8) is 0 Å². The zero-order valence-corrected chi connectivity index (χ0v) is 10.8. The lowest BCUT2D eigenvalue weighted by Gasteiger charge is -2.33. The molecule has 17 heavy (non-hydrogen) atoms. The molecule has 0 saturated heterocycles. The Morgan fingerprint density at radius 1 is 1.53 bits per heavy atom. The predicted molar refractivity (Wildman–Crippen MR) is 68.4 cm³/mol. The Balaban J connectivity index is 2.25. The third kappa shape index (κ3) is 2.39. The van der Waals surface area contributed by atoms with E-state index < -0.39 is 0 Å². The van der Waals surface area contributed by atoms with Crippen LogP contribution in [0.25, 0.3) is 0 Å². The molecule has 2 N–H and O–H groups in total. The highest BCUT2D eigenvalue weighted by atomic mass is 16.5. The molecule has 0 bridgehead atoms. The SMILES string of the molecule is CCC(C)C1CC(N)c2cc(OC)ccc2O1. The van der Waals surface area contributed by atoms with Gasteiger partial charge in [0.25, 0.3) is 0 Å². The van der Waals surface area contributed by atoms with Gasteiger partial charge in [-0.1, -0.05) is 20.3 Å². The monoisotopic (exact) mass is 235 g/mol. The van der Waals surface area contributed by atoms with E-state index in [0.29, 0.717) is 5.92 Å². The van der Waals surface area contributed by atoms with Crippen molar-refractivity contribution in [2.75, 3.05) is 7.11 Å². The molecule has 3 unspecified atom stereocenters. The fourth-order valence-corrected chi connectivity index (χ4v) is 2.25. The molecule has 1 heterocycles. The van der Waals surface area contributed by atoms with Crippen LogP contribution in [0, 0.1) is 5.92 Å². The minimum atomic E-state index is 0.0489. The van der Waals surface area contributed by atoms with Crippen molar-refractivity contribution >= 4 is 0 Å². The van der Waals surface area contributed by atoms with Crippen LogP contribution < -0.4 is 15.2 Å².